The first-order valence-corrected chi connectivity index (χ1v) is 11.0. The number of hydrogen-bond donors (Lipinski definition) is 0. The van der Waals surface area contributed by atoms with Gasteiger partial charge in [-0.25, -0.2) is 9.24 Å². The van der Waals surface area contributed by atoms with Crippen molar-refractivity contribution < 1.29 is 13.6 Å². The van der Waals surface area contributed by atoms with Gasteiger partial charge in [-0.3, -0.25) is 9.05 Å². The van der Waals surface area contributed by atoms with Gasteiger partial charge in [0.1, 0.15) is 0 Å². The maximum absolute atomic E-state index is 13.6. The van der Waals surface area contributed by atoms with Crippen molar-refractivity contribution in [1.29, 1.82) is 0 Å². The van der Waals surface area contributed by atoms with Crippen LogP contribution >= 0.6 is 7.75 Å². The van der Waals surface area contributed by atoms with Crippen LogP contribution in [0.15, 0.2) is 0 Å². The van der Waals surface area contributed by atoms with Crippen LogP contribution in [0.4, 0.5) is 0 Å². The van der Waals surface area contributed by atoms with Gasteiger partial charge in [0.2, 0.25) is 0 Å². The van der Waals surface area contributed by atoms with Crippen molar-refractivity contribution in [2.45, 2.75) is 95.7 Å². The third-order valence-electron chi connectivity index (χ3n) is 5.35. The lowest BCUT2D eigenvalue weighted by molar-refractivity contribution is 0.0511. The minimum atomic E-state index is -3.10. The van der Waals surface area contributed by atoms with Gasteiger partial charge in [-0.2, -0.15) is 0 Å². The standard InChI is InChI=1S/C17H32NO3P/c19-22(18-14-8-3-9-15-18,20-16-10-4-1-5-11-16)21-17-12-6-2-7-13-17/h16-17H,1-15H2. The predicted octanol–water partition coefficient (Wildman–Crippen LogP) is 5.28. The molecular weight excluding hydrogens is 297 g/mol. The summed E-state index contributed by atoms with van der Waals surface area (Å²) in [4.78, 5) is 0. The smallest absolute Gasteiger partial charge is 0.293 e. The molecule has 0 radical (unpaired) electrons. The van der Waals surface area contributed by atoms with Crippen LogP contribution in [0.3, 0.4) is 0 Å². The zero-order chi connectivity index (χ0) is 15.3. The van der Waals surface area contributed by atoms with Crippen LogP contribution in [-0.4, -0.2) is 30.0 Å². The lowest BCUT2D eigenvalue weighted by Gasteiger charge is -2.38. The van der Waals surface area contributed by atoms with Gasteiger partial charge in [0.15, 0.2) is 0 Å². The maximum atomic E-state index is 13.6. The summed E-state index contributed by atoms with van der Waals surface area (Å²) in [6.07, 6.45) is 15.3. The Bertz CT molecular complexity index is 348. The van der Waals surface area contributed by atoms with Crippen molar-refractivity contribution in [2.24, 2.45) is 0 Å². The molecule has 1 heterocycles. The highest BCUT2D eigenvalue weighted by atomic mass is 31.2. The maximum Gasteiger partial charge on any atom is 0.408 e. The Morgan fingerprint density at radius 3 is 1.50 bits per heavy atom. The van der Waals surface area contributed by atoms with Crippen molar-refractivity contribution in [3.63, 3.8) is 0 Å². The van der Waals surface area contributed by atoms with Crippen LogP contribution in [0.25, 0.3) is 0 Å². The van der Waals surface area contributed by atoms with E-state index >= 15 is 0 Å². The predicted molar refractivity (Wildman–Crippen MR) is 88.9 cm³/mol. The molecule has 0 aromatic carbocycles. The zero-order valence-corrected chi connectivity index (χ0v) is 14.8. The molecule has 3 aliphatic rings. The molecule has 0 spiro atoms. The molecular formula is C17H32NO3P. The minimum Gasteiger partial charge on any atom is -0.293 e. The molecule has 128 valence electrons. The van der Waals surface area contributed by atoms with Gasteiger partial charge in [-0.05, 0) is 38.5 Å². The summed E-state index contributed by atoms with van der Waals surface area (Å²) in [6, 6.07) is 0. The quantitative estimate of drug-likeness (QED) is 0.643. The van der Waals surface area contributed by atoms with E-state index in [0.717, 1.165) is 51.6 Å². The van der Waals surface area contributed by atoms with E-state index < -0.39 is 7.75 Å². The van der Waals surface area contributed by atoms with Crippen molar-refractivity contribution in [3.05, 3.63) is 0 Å². The molecule has 4 nitrogen and oxygen atoms in total. The number of piperidine rings is 1. The first kappa shape index (κ1) is 17.0. The molecule has 2 saturated carbocycles. The van der Waals surface area contributed by atoms with Crippen molar-refractivity contribution in [1.82, 2.24) is 4.67 Å². The third-order valence-corrected chi connectivity index (χ3v) is 7.57. The first-order chi connectivity index (χ1) is 10.8. The SMILES string of the molecule is O=P(OC1CCCCC1)(OC1CCCCC1)N1CCCCC1. The van der Waals surface area contributed by atoms with E-state index in [1.54, 1.807) is 0 Å². The second kappa shape index (κ2) is 8.28. The van der Waals surface area contributed by atoms with Gasteiger partial charge < -0.3 is 0 Å². The fraction of sp³-hybridized carbons (Fsp3) is 1.00. The molecule has 0 aromatic heterocycles. The Morgan fingerprint density at radius 1 is 0.636 bits per heavy atom. The average molecular weight is 329 g/mol. The molecule has 0 aromatic rings. The summed E-state index contributed by atoms with van der Waals surface area (Å²) in [7, 11) is -3.10. The lowest BCUT2D eigenvalue weighted by Crippen LogP contribution is -2.33. The third kappa shape index (κ3) is 4.56. The van der Waals surface area contributed by atoms with Gasteiger partial charge in [0.25, 0.3) is 0 Å². The molecule has 5 heteroatoms. The van der Waals surface area contributed by atoms with Gasteiger partial charge >= 0.3 is 7.75 Å². The second-order valence-electron chi connectivity index (χ2n) is 7.21. The average Bonchev–Trinajstić information content (AvgIpc) is 2.57. The fourth-order valence-electron chi connectivity index (χ4n) is 4.00. The molecule has 0 unspecified atom stereocenters. The highest BCUT2D eigenvalue weighted by Gasteiger charge is 2.39. The van der Waals surface area contributed by atoms with Crippen LogP contribution in [-0.2, 0) is 13.6 Å². The molecule has 0 atom stereocenters. The van der Waals surface area contributed by atoms with Crippen LogP contribution in [0.1, 0.15) is 83.5 Å². The van der Waals surface area contributed by atoms with Crippen LogP contribution in [0, 0.1) is 0 Å². The monoisotopic (exact) mass is 329 g/mol. The molecule has 3 fully saturated rings. The Morgan fingerprint density at radius 2 is 1.05 bits per heavy atom. The van der Waals surface area contributed by atoms with E-state index in [1.165, 1.54) is 44.9 Å². The summed E-state index contributed by atoms with van der Waals surface area (Å²) in [5.41, 5.74) is 0. The normalized spacial score (nSPS) is 27.1. The summed E-state index contributed by atoms with van der Waals surface area (Å²) in [5, 5.41) is 0. The molecule has 3 rings (SSSR count). The van der Waals surface area contributed by atoms with E-state index in [-0.39, 0.29) is 12.2 Å². The summed E-state index contributed by atoms with van der Waals surface area (Å²) >= 11 is 0. The summed E-state index contributed by atoms with van der Waals surface area (Å²) in [5.74, 6) is 0. The lowest BCUT2D eigenvalue weighted by atomic mass is 9.98. The second-order valence-corrected chi connectivity index (χ2v) is 9.14. The van der Waals surface area contributed by atoms with Crippen molar-refractivity contribution in [3.8, 4) is 0 Å². The summed E-state index contributed by atoms with van der Waals surface area (Å²) in [6.45, 7) is 1.74. The molecule has 1 aliphatic heterocycles. The van der Waals surface area contributed by atoms with Crippen molar-refractivity contribution in [2.75, 3.05) is 13.1 Å². The van der Waals surface area contributed by atoms with Gasteiger partial charge in [-0.1, -0.05) is 44.9 Å². The Kier molecular flexibility index (Phi) is 6.38. The van der Waals surface area contributed by atoms with E-state index in [2.05, 4.69) is 0 Å². The first-order valence-electron chi connectivity index (χ1n) is 9.48. The Hall–Kier alpha value is 0.110. The van der Waals surface area contributed by atoms with Crippen LogP contribution in [0.5, 0.6) is 0 Å². The molecule has 0 N–H and O–H groups in total. The zero-order valence-electron chi connectivity index (χ0n) is 13.9. The summed E-state index contributed by atoms with van der Waals surface area (Å²) < 4.78 is 28.0. The highest BCUT2D eigenvalue weighted by Crippen LogP contribution is 2.57. The Labute approximate surface area is 135 Å². The number of rotatable bonds is 5. The van der Waals surface area contributed by atoms with Crippen LogP contribution < -0.4 is 0 Å². The largest absolute Gasteiger partial charge is 0.408 e. The van der Waals surface area contributed by atoms with E-state index in [9.17, 15) is 4.57 Å². The molecule has 2 aliphatic carbocycles. The fourth-order valence-corrected chi connectivity index (χ4v) is 6.26. The van der Waals surface area contributed by atoms with Gasteiger partial charge in [0, 0.05) is 13.1 Å². The topological polar surface area (TPSA) is 38.8 Å². The van der Waals surface area contributed by atoms with E-state index in [4.69, 9.17) is 9.05 Å². The van der Waals surface area contributed by atoms with Gasteiger partial charge in [0.05, 0.1) is 12.2 Å². The molecule has 0 bridgehead atoms. The molecule has 22 heavy (non-hydrogen) atoms. The highest BCUT2D eigenvalue weighted by molar-refractivity contribution is 7.51. The number of hydrogen-bond acceptors (Lipinski definition) is 3. The van der Waals surface area contributed by atoms with Crippen molar-refractivity contribution >= 4 is 7.75 Å². The van der Waals surface area contributed by atoms with Crippen LogP contribution in [0.2, 0.25) is 0 Å². The number of nitrogens with zero attached hydrogens (tertiary/aromatic N) is 1. The molecule has 1 saturated heterocycles. The molecule has 0 amide bonds. The minimum absolute atomic E-state index is 0.144. The van der Waals surface area contributed by atoms with E-state index in [0.29, 0.717) is 0 Å². The Balaban J connectivity index is 1.66. The van der Waals surface area contributed by atoms with E-state index in [1.807, 2.05) is 4.67 Å². The van der Waals surface area contributed by atoms with Gasteiger partial charge in [-0.15, -0.1) is 0 Å².